The van der Waals surface area contributed by atoms with Gasteiger partial charge in [0.05, 0.1) is 6.61 Å². The van der Waals surface area contributed by atoms with E-state index >= 15 is 0 Å². The molecule has 0 aliphatic rings. The van der Waals surface area contributed by atoms with E-state index in [1.54, 1.807) is 6.92 Å². The topological polar surface area (TPSA) is 143 Å². The molecule has 0 aliphatic carbocycles. The molecule has 0 saturated heterocycles. The smallest absolute Gasteiger partial charge is 0.355 e. The zero-order chi connectivity index (χ0) is 18.4. The molecule has 0 unspecified atom stereocenters. The van der Waals surface area contributed by atoms with Gasteiger partial charge in [-0.2, -0.15) is 0 Å². The fourth-order valence-electron chi connectivity index (χ4n) is 2.29. The summed E-state index contributed by atoms with van der Waals surface area (Å²) in [4.78, 5) is 46.6. The van der Waals surface area contributed by atoms with Crippen LogP contribution in [0.25, 0.3) is 0 Å². The van der Waals surface area contributed by atoms with Gasteiger partial charge in [-0.1, -0.05) is 20.3 Å². The van der Waals surface area contributed by atoms with Crippen molar-refractivity contribution in [3.05, 3.63) is 22.5 Å². The number of unbranched alkanes of at least 4 members (excludes halogenated alkanes) is 1. The summed E-state index contributed by atoms with van der Waals surface area (Å²) in [5.41, 5.74) is -3.10. The number of aromatic nitrogens is 1. The highest BCUT2D eigenvalue weighted by Gasteiger charge is 2.37. The van der Waals surface area contributed by atoms with E-state index < -0.39 is 46.4 Å². The van der Waals surface area contributed by atoms with Crippen LogP contribution < -0.4 is 0 Å². The van der Waals surface area contributed by atoms with Crippen molar-refractivity contribution in [2.45, 2.75) is 39.7 Å². The Morgan fingerprint density at radius 1 is 0.875 bits per heavy atom. The van der Waals surface area contributed by atoms with Crippen molar-refractivity contribution in [2.24, 2.45) is 0 Å². The van der Waals surface area contributed by atoms with E-state index in [0.29, 0.717) is 12.8 Å². The summed E-state index contributed by atoms with van der Waals surface area (Å²) in [5, 5.41) is 27.9. The van der Waals surface area contributed by atoms with Gasteiger partial charge in [-0.25, -0.2) is 19.2 Å². The van der Waals surface area contributed by atoms with Crippen LogP contribution in [0.2, 0.25) is 0 Å². The molecule has 0 bridgehead atoms. The number of carbonyl (C=O) groups is 4. The molecule has 132 valence electrons. The summed E-state index contributed by atoms with van der Waals surface area (Å²) >= 11 is 0. The lowest BCUT2D eigenvalue weighted by Gasteiger charge is -2.10. The molecule has 0 spiro atoms. The van der Waals surface area contributed by atoms with Gasteiger partial charge in [-0.05, 0) is 12.8 Å². The molecule has 0 aromatic carbocycles. The molecule has 0 fully saturated rings. The summed E-state index contributed by atoms with van der Waals surface area (Å²) in [6, 6.07) is 0. The molecule has 0 saturated carbocycles. The Kier molecular flexibility index (Phi) is 6.51. The van der Waals surface area contributed by atoms with Gasteiger partial charge in [0.15, 0.2) is 0 Å². The number of nitrogens with zero attached hydrogens (tertiary/aromatic N) is 1. The maximum atomic E-state index is 12.3. The number of carboxylic acids is 3. The van der Waals surface area contributed by atoms with Crippen molar-refractivity contribution >= 4 is 23.9 Å². The minimum Gasteiger partial charge on any atom is -0.478 e. The van der Waals surface area contributed by atoms with Crippen molar-refractivity contribution in [3.8, 4) is 0 Å². The maximum Gasteiger partial charge on any atom is 0.355 e. The molecule has 9 heteroatoms. The lowest BCUT2D eigenvalue weighted by Crippen LogP contribution is -2.18. The molecular weight excluding hydrogens is 322 g/mol. The number of rotatable bonds is 9. The van der Waals surface area contributed by atoms with Crippen molar-refractivity contribution in [2.75, 3.05) is 6.61 Å². The van der Waals surface area contributed by atoms with E-state index in [1.807, 2.05) is 6.92 Å². The molecule has 3 N–H and O–H groups in total. The van der Waals surface area contributed by atoms with Crippen LogP contribution in [-0.2, 0) is 11.3 Å². The quantitative estimate of drug-likeness (QED) is 0.457. The lowest BCUT2D eigenvalue weighted by molar-refractivity contribution is 0.0476. The summed E-state index contributed by atoms with van der Waals surface area (Å²) in [7, 11) is 0. The van der Waals surface area contributed by atoms with Gasteiger partial charge in [0.25, 0.3) is 0 Å². The van der Waals surface area contributed by atoms with Gasteiger partial charge < -0.3 is 24.6 Å². The highest BCUT2D eigenvalue weighted by molar-refractivity contribution is 6.14. The Hall–Kier alpha value is -2.84. The molecule has 0 atom stereocenters. The molecule has 1 heterocycles. The summed E-state index contributed by atoms with van der Waals surface area (Å²) in [6.45, 7) is 3.53. The van der Waals surface area contributed by atoms with E-state index in [9.17, 15) is 34.5 Å². The zero-order valence-electron chi connectivity index (χ0n) is 13.4. The highest BCUT2D eigenvalue weighted by Crippen LogP contribution is 2.26. The van der Waals surface area contributed by atoms with Crippen molar-refractivity contribution in [1.82, 2.24) is 4.57 Å². The van der Waals surface area contributed by atoms with Crippen LogP contribution in [0.1, 0.15) is 74.8 Å². The number of esters is 1. The number of hydrogen-bond acceptors (Lipinski definition) is 5. The molecule has 0 amide bonds. The SMILES string of the molecule is CCCCOC(=O)c1c(C(=O)O)c(C(=O)O)c(C(=O)O)n1CCC. The normalized spacial score (nSPS) is 10.4. The standard InChI is InChI=1S/C15H19NO8/c1-3-5-7-24-15(23)11-9(13(19)20)8(12(17)18)10(14(21)22)16(11)6-4-2/h3-7H2,1-2H3,(H,17,18)(H,19,20)(H,21,22). The van der Waals surface area contributed by atoms with Crippen LogP contribution in [0.4, 0.5) is 0 Å². The first-order valence-corrected chi connectivity index (χ1v) is 7.41. The van der Waals surface area contributed by atoms with Crippen molar-refractivity contribution in [3.63, 3.8) is 0 Å². The zero-order valence-corrected chi connectivity index (χ0v) is 13.4. The predicted molar refractivity (Wildman–Crippen MR) is 80.8 cm³/mol. The number of aromatic carboxylic acids is 3. The van der Waals surface area contributed by atoms with Crippen LogP contribution in [0.3, 0.4) is 0 Å². The maximum absolute atomic E-state index is 12.3. The van der Waals surface area contributed by atoms with Crippen LogP contribution in [-0.4, -0.2) is 50.4 Å². The van der Waals surface area contributed by atoms with Gasteiger partial charge in [0.1, 0.15) is 22.5 Å². The first-order chi connectivity index (χ1) is 11.3. The first kappa shape index (κ1) is 19.2. The third-order valence-corrected chi connectivity index (χ3v) is 3.27. The summed E-state index contributed by atoms with van der Waals surface area (Å²) in [6.07, 6.45) is 1.64. The fraction of sp³-hybridized carbons (Fsp3) is 0.467. The van der Waals surface area contributed by atoms with Gasteiger partial charge in [0, 0.05) is 6.54 Å². The van der Waals surface area contributed by atoms with E-state index in [1.165, 1.54) is 0 Å². The van der Waals surface area contributed by atoms with Crippen LogP contribution in [0.15, 0.2) is 0 Å². The number of carboxylic acid groups (broad SMARTS) is 3. The van der Waals surface area contributed by atoms with Gasteiger partial charge in [-0.3, -0.25) is 0 Å². The number of carbonyl (C=O) groups excluding carboxylic acids is 1. The van der Waals surface area contributed by atoms with Crippen molar-refractivity contribution in [1.29, 1.82) is 0 Å². The number of ether oxygens (including phenoxy) is 1. The third kappa shape index (κ3) is 3.73. The largest absolute Gasteiger partial charge is 0.478 e. The Labute approximate surface area is 137 Å². The molecule has 9 nitrogen and oxygen atoms in total. The second-order valence-electron chi connectivity index (χ2n) is 5.00. The average molecular weight is 341 g/mol. The van der Waals surface area contributed by atoms with Gasteiger partial charge in [-0.15, -0.1) is 0 Å². The fourth-order valence-corrected chi connectivity index (χ4v) is 2.29. The molecule has 0 radical (unpaired) electrons. The Morgan fingerprint density at radius 2 is 1.42 bits per heavy atom. The Morgan fingerprint density at radius 3 is 1.83 bits per heavy atom. The van der Waals surface area contributed by atoms with E-state index in [2.05, 4.69) is 0 Å². The summed E-state index contributed by atoms with van der Waals surface area (Å²) in [5.74, 6) is -6.12. The molecule has 1 aromatic rings. The second-order valence-corrected chi connectivity index (χ2v) is 5.00. The summed E-state index contributed by atoms with van der Waals surface area (Å²) < 4.78 is 5.86. The van der Waals surface area contributed by atoms with E-state index in [4.69, 9.17) is 4.74 Å². The van der Waals surface area contributed by atoms with Crippen molar-refractivity contribution < 1.29 is 39.2 Å². The molecule has 24 heavy (non-hydrogen) atoms. The Balaban J connectivity index is 3.67. The van der Waals surface area contributed by atoms with Gasteiger partial charge >= 0.3 is 23.9 Å². The Bertz CT molecular complexity index is 674. The minimum atomic E-state index is -1.73. The highest BCUT2D eigenvalue weighted by atomic mass is 16.5. The third-order valence-electron chi connectivity index (χ3n) is 3.27. The second kappa shape index (κ2) is 8.14. The first-order valence-electron chi connectivity index (χ1n) is 7.41. The van der Waals surface area contributed by atoms with E-state index in [-0.39, 0.29) is 13.2 Å². The molecule has 0 aliphatic heterocycles. The molecule has 1 aromatic heterocycles. The van der Waals surface area contributed by atoms with E-state index in [0.717, 1.165) is 11.0 Å². The minimum absolute atomic E-state index is 0.0243. The monoisotopic (exact) mass is 341 g/mol. The predicted octanol–water partition coefficient (Wildman–Crippen LogP) is 1.95. The number of hydrogen-bond donors (Lipinski definition) is 3. The molecular formula is C15H19NO8. The van der Waals surface area contributed by atoms with Crippen LogP contribution >= 0.6 is 0 Å². The van der Waals surface area contributed by atoms with Gasteiger partial charge in [0.2, 0.25) is 0 Å². The van der Waals surface area contributed by atoms with Crippen LogP contribution in [0, 0.1) is 0 Å². The molecule has 1 rings (SSSR count). The lowest BCUT2D eigenvalue weighted by atomic mass is 10.1. The van der Waals surface area contributed by atoms with Crippen LogP contribution in [0.5, 0.6) is 0 Å². The average Bonchev–Trinajstić information content (AvgIpc) is 2.83.